The molecule has 0 atom stereocenters. The molecular formula is C13H13NO3. The maximum Gasteiger partial charge on any atom is 0.258 e. The van der Waals surface area contributed by atoms with E-state index in [9.17, 15) is 9.59 Å². The standard InChI is InChI=1S/C13H13NO3/c1-3-6-14-13(16)9-17-12-5-4-10(2)7-11(12)8-15/h1,4-5,7-8H,6,9H2,2H3,(H,14,16). The van der Waals surface area contributed by atoms with E-state index >= 15 is 0 Å². The van der Waals surface area contributed by atoms with Gasteiger partial charge in [0.2, 0.25) is 0 Å². The molecule has 0 aliphatic heterocycles. The molecule has 0 aliphatic rings. The molecule has 1 amide bonds. The van der Waals surface area contributed by atoms with Crippen molar-refractivity contribution < 1.29 is 14.3 Å². The van der Waals surface area contributed by atoms with E-state index in [4.69, 9.17) is 11.2 Å². The molecule has 17 heavy (non-hydrogen) atoms. The average Bonchev–Trinajstić information content (AvgIpc) is 2.34. The van der Waals surface area contributed by atoms with E-state index in [-0.39, 0.29) is 19.1 Å². The number of aldehydes is 1. The number of hydrogen-bond acceptors (Lipinski definition) is 3. The number of amides is 1. The van der Waals surface area contributed by atoms with Gasteiger partial charge in [-0.05, 0) is 19.1 Å². The van der Waals surface area contributed by atoms with Gasteiger partial charge in [0.05, 0.1) is 12.1 Å². The van der Waals surface area contributed by atoms with Gasteiger partial charge in [0.15, 0.2) is 12.9 Å². The van der Waals surface area contributed by atoms with Gasteiger partial charge in [0.25, 0.3) is 5.91 Å². The fourth-order valence-corrected chi connectivity index (χ4v) is 1.24. The zero-order chi connectivity index (χ0) is 12.7. The first-order valence-electron chi connectivity index (χ1n) is 5.06. The van der Waals surface area contributed by atoms with Crippen LogP contribution in [0.5, 0.6) is 5.75 Å². The second-order valence-electron chi connectivity index (χ2n) is 3.43. The minimum atomic E-state index is -0.319. The van der Waals surface area contributed by atoms with Crippen molar-refractivity contribution in [3.8, 4) is 18.1 Å². The number of nitrogens with one attached hydrogen (secondary N) is 1. The van der Waals surface area contributed by atoms with Crippen LogP contribution in [-0.2, 0) is 4.79 Å². The third-order valence-electron chi connectivity index (χ3n) is 2.04. The van der Waals surface area contributed by atoms with E-state index < -0.39 is 0 Å². The predicted molar refractivity (Wildman–Crippen MR) is 63.9 cm³/mol. The fourth-order valence-electron chi connectivity index (χ4n) is 1.24. The second-order valence-corrected chi connectivity index (χ2v) is 3.43. The molecule has 0 unspecified atom stereocenters. The minimum Gasteiger partial charge on any atom is -0.483 e. The quantitative estimate of drug-likeness (QED) is 0.606. The summed E-state index contributed by atoms with van der Waals surface area (Å²) in [6.07, 6.45) is 5.69. The van der Waals surface area contributed by atoms with Gasteiger partial charge in [-0.25, -0.2) is 0 Å². The van der Waals surface area contributed by atoms with Gasteiger partial charge < -0.3 is 10.1 Å². The van der Waals surface area contributed by atoms with E-state index in [0.29, 0.717) is 17.6 Å². The zero-order valence-corrected chi connectivity index (χ0v) is 9.53. The lowest BCUT2D eigenvalue weighted by Gasteiger charge is -2.08. The van der Waals surface area contributed by atoms with Gasteiger partial charge in [-0.2, -0.15) is 0 Å². The molecular weight excluding hydrogens is 218 g/mol. The number of hydrogen-bond donors (Lipinski definition) is 1. The number of carbonyl (C=O) groups is 2. The Bertz CT molecular complexity index is 460. The lowest BCUT2D eigenvalue weighted by molar-refractivity contribution is -0.122. The molecule has 1 aromatic carbocycles. The topological polar surface area (TPSA) is 55.4 Å². The number of benzene rings is 1. The third-order valence-corrected chi connectivity index (χ3v) is 2.04. The first-order valence-corrected chi connectivity index (χ1v) is 5.06. The molecule has 1 N–H and O–H groups in total. The lowest BCUT2D eigenvalue weighted by atomic mass is 10.1. The summed E-state index contributed by atoms with van der Waals surface area (Å²) in [6.45, 7) is 1.87. The van der Waals surface area contributed by atoms with Crippen LogP contribution in [0.15, 0.2) is 18.2 Å². The van der Waals surface area contributed by atoms with Crippen LogP contribution >= 0.6 is 0 Å². The lowest BCUT2D eigenvalue weighted by Crippen LogP contribution is -2.29. The van der Waals surface area contributed by atoms with Gasteiger partial charge >= 0.3 is 0 Å². The molecule has 1 rings (SSSR count). The van der Waals surface area contributed by atoms with E-state index in [1.165, 1.54) is 0 Å². The van der Waals surface area contributed by atoms with E-state index in [1.807, 2.05) is 13.0 Å². The van der Waals surface area contributed by atoms with Crippen molar-refractivity contribution in [2.24, 2.45) is 0 Å². The highest BCUT2D eigenvalue weighted by Crippen LogP contribution is 2.17. The number of carbonyl (C=O) groups excluding carboxylic acids is 2. The summed E-state index contributed by atoms with van der Waals surface area (Å²) in [5.41, 5.74) is 1.38. The zero-order valence-electron chi connectivity index (χ0n) is 9.53. The van der Waals surface area contributed by atoms with Gasteiger partial charge in [-0.1, -0.05) is 17.6 Å². The molecule has 0 aromatic heterocycles. The molecule has 0 heterocycles. The number of terminal acetylenes is 1. The van der Waals surface area contributed by atoms with E-state index in [2.05, 4.69) is 11.2 Å². The Balaban J connectivity index is 2.60. The highest BCUT2D eigenvalue weighted by Gasteiger charge is 2.06. The first-order chi connectivity index (χ1) is 8.17. The summed E-state index contributed by atoms with van der Waals surface area (Å²) in [4.78, 5) is 22.0. The normalized spacial score (nSPS) is 9.18. The molecule has 0 aliphatic carbocycles. The van der Waals surface area contributed by atoms with Crippen LogP contribution in [0.1, 0.15) is 15.9 Å². The maximum atomic E-state index is 11.2. The molecule has 0 saturated carbocycles. The first kappa shape index (κ1) is 12.8. The van der Waals surface area contributed by atoms with Gasteiger partial charge in [0.1, 0.15) is 5.75 Å². The van der Waals surface area contributed by atoms with Crippen molar-refractivity contribution in [3.63, 3.8) is 0 Å². The number of ether oxygens (including phenoxy) is 1. The van der Waals surface area contributed by atoms with Crippen molar-refractivity contribution in [1.82, 2.24) is 5.32 Å². The summed E-state index contributed by atoms with van der Waals surface area (Å²) in [5, 5.41) is 2.46. The van der Waals surface area contributed by atoms with E-state index in [0.717, 1.165) is 5.56 Å². The largest absolute Gasteiger partial charge is 0.483 e. The Kier molecular flexibility index (Phi) is 4.77. The SMILES string of the molecule is C#CCNC(=O)COc1ccc(C)cc1C=O. The molecule has 0 bridgehead atoms. The Morgan fingerprint density at radius 1 is 1.59 bits per heavy atom. The van der Waals surface area contributed by atoms with Crippen molar-refractivity contribution >= 4 is 12.2 Å². The summed E-state index contributed by atoms with van der Waals surface area (Å²) >= 11 is 0. The van der Waals surface area contributed by atoms with Crippen molar-refractivity contribution in [1.29, 1.82) is 0 Å². The average molecular weight is 231 g/mol. The smallest absolute Gasteiger partial charge is 0.258 e. The summed E-state index contributed by atoms with van der Waals surface area (Å²) in [5.74, 6) is 2.35. The molecule has 0 saturated heterocycles. The van der Waals surface area contributed by atoms with Crippen LogP contribution in [0.25, 0.3) is 0 Å². The Hall–Kier alpha value is -2.28. The van der Waals surface area contributed by atoms with Crippen molar-refractivity contribution in [2.45, 2.75) is 6.92 Å². The summed E-state index contributed by atoms with van der Waals surface area (Å²) in [6, 6.07) is 5.16. The third kappa shape index (κ3) is 3.99. The van der Waals surface area contributed by atoms with Crippen molar-refractivity contribution in [3.05, 3.63) is 29.3 Å². The predicted octanol–water partition coefficient (Wildman–Crippen LogP) is 0.936. The van der Waals surface area contributed by atoms with Gasteiger partial charge in [-0.15, -0.1) is 6.42 Å². The van der Waals surface area contributed by atoms with Crippen LogP contribution in [0.4, 0.5) is 0 Å². The Morgan fingerprint density at radius 3 is 3.00 bits per heavy atom. The Morgan fingerprint density at radius 2 is 2.35 bits per heavy atom. The summed E-state index contributed by atoms with van der Waals surface area (Å²) < 4.78 is 5.23. The highest BCUT2D eigenvalue weighted by molar-refractivity contribution is 5.81. The van der Waals surface area contributed by atoms with Crippen LogP contribution in [-0.4, -0.2) is 25.3 Å². The minimum absolute atomic E-state index is 0.161. The van der Waals surface area contributed by atoms with Crippen molar-refractivity contribution in [2.75, 3.05) is 13.2 Å². The monoisotopic (exact) mass is 231 g/mol. The second kappa shape index (κ2) is 6.33. The summed E-state index contributed by atoms with van der Waals surface area (Å²) in [7, 11) is 0. The fraction of sp³-hybridized carbons (Fsp3) is 0.231. The van der Waals surface area contributed by atoms with Crippen LogP contribution in [0, 0.1) is 19.3 Å². The number of rotatable bonds is 5. The van der Waals surface area contributed by atoms with E-state index in [1.54, 1.807) is 12.1 Å². The molecule has 88 valence electrons. The highest BCUT2D eigenvalue weighted by atomic mass is 16.5. The molecule has 1 aromatic rings. The van der Waals surface area contributed by atoms with Gasteiger partial charge in [-0.3, -0.25) is 9.59 Å². The molecule has 4 nitrogen and oxygen atoms in total. The van der Waals surface area contributed by atoms with Crippen LogP contribution < -0.4 is 10.1 Å². The molecule has 0 spiro atoms. The molecule has 4 heteroatoms. The Labute approximate surface area is 100.0 Å². The van der Waals surface area contributed by atoms with Crippen LogP contribution in [0.3, 0.4) is 0 Å². The maximum absolute atomic E-state index is 11.2. The number of aryl methyl sites for hydroxylation is 1. The molecule has 0 fully saturated rings. The van der Waals surface area contributed by atoms with Crippen LogP contribution in [0.2, 0.25) is 0 Å². The van der Waals surface area contributed by atoms with Gasteiger partial charge in [0, 0.05) is 0 Å². The molecule has 0 radical (unpaired) electrons.